The van der Waals surface area contributed by atoms with Gasteiger partial charge in [0.1, 0.15) is 30.9 Å². The lowest BCUT2D eigenvalue weighted by Crippen LogP contribution is -2.11. The lowest BCUT2D eigenvalue weighted by Gasteiger charge is -2.06. The molecule has 5 nitrogen and oxygen atoms in total. The number of halogens is 3. The van der Waals surface area contributed by atoms with Crippen LogP contribution >= 0.6 is 0 Å². The zero-order valence-corrected chi connectivity index (χ0v) is 14.3. The van der Waals surface area contributed by atoms with Crippen LogP contribution in [0.2, 0.25) is 0 Å². The highest BCUT2D eigenvalue weighted by Crippen LogP contribution is 2.43. The third kappa shape index (κ3) is 4.10. The fraction of sp³-hybridized carbons (Fsp3) is 0.316. The van der Waals surface area contributed by atoms with Crippen LogP contribution in [-0.2, 0) is 13.2 Å². The number of nitrogens with zero attached hydrogens (tertiary/aromatic N) is 4. The number of aromatic nitrogens is 4. The minimum Gasteiger partial charge on any atom is -0.489 e. The molecular weight excluding hydrogens is 357 g/mol. The molecule has 1 fully saturated rings. The van der Waals surface area contributed by atoms with Gasteiger partial charge in [0.2, 0.25) is 0 Å². The van der Waals surface area contributed by atoms with E-state index in [1.54, 1.807) is 36.7 Å². The van der Waals surface area contributed by atoms with E-state index in [4.69, 9.17) is 4.74 Å². The fourth-order valence-electron chi connectivity index (χ4n) is 2.82. The summed E-state index contributed by atoms with van der Waals surface area (Å²) < 4.78 is 45.9. The smallest absolute Gasteiger partial charge is 0.257 e. The van der Waals surface area contributed by atoms with Crippen molar-refractivity contribution >= 4 is 0 Å². The van der Waals surface area contributed by atoms with Crippen LogP contribution in [0.4, 0.5) is 13.2 Å². The molecule has 1 saturated carbocycles. The fourth-order valence-corrected chi connectivity index (χ4v) is 2.82. The van der Waals surface area contributed by atoms with Crippen molar-refractivity contribution in [2.45, 2.75) is 38.1 Å². The third-order valence-electron chi connectivity index (χ3n) is 4.28. The molecule has 0 N–H and O–H groups in total. The summed E-state index contributed by atoms with van der Waals surface area (Å²) in [6.45, 7) is -0.246. The molecule has 3 aromatic rings. The number of benzene rings is 1. The van der Waals surface area contributed by atoms with Gasteiger partial charge in [0.15, 0.2) is 5.82 Å². The van der Waals surface area contributed by atoms with Gasteiger partial charge in [0.05, 0.1) is 5.92 Å². The Morgan fingerprint density at radius 1 is 1.22 bits per heavy atom. The highest BCUT2D eigenvalue weighted by molar-refractivity contribution is 5.57. The van der Waals surface area contributed by atoms with Gasteiger partial charge in [0, 0.05) is 23.5 Å². The molecule has 4 rings (SSSR count). The molecule has 0 amide bonds. The quantitative estimate of drug-likeness (QED) is 0.627. The Bertz CT molecular complexity index is 916. The van der Waals surface area contributed by atoms with Crippen LogP contribution in [0.1, 0.15) is 23.7 Å². The van der Waals surface area contributed by atoms with Crippen molar-refractivity contribution in [3.63, 3.8) is 0 Å². The summed E-state index contributed by atoms with van der Waals surface area (Å²) >= 11 is 0. The minimum absolute atomic E-state index is 0.277. The van der Waals surface area contributed by atoms with Crippen molar-refractivity contribution in [2.24, 2.45) is 0 Å². The molecule has 0 aliphatic heterocycles. The van der Waals surface area contributed by atoms with Crippen molar-refractivity contribution in [2.75, 3.05) is 0 Å². The van der Waals surface area contributed by atoms with E-state index >= 15 is 0 Å². The average Bonchev–Trinajstić information content (AvgIpc) is 3.25. The molecule has 2 atom stereocenters. The van der Waals surface area contributed by atoms with Gasteiger partial charge in [-0.1, -0.05) is 18.2 Å². The van der Waals surface area contributed by atoms with Gasteiger partial charge < -0.3 is 4.74 Å². The number of hydrogen-bond acceptors (Lipinski definition) is 4. The predicted molar refractivity (Wildman–Crippen MR) is 92.3 cm³/mol. The molecule has 0 unspecified atom stereocenters. The maximum absolute atomic E-state index is 13.4. The van der Waals surface area contributed by atoms with Crippen LogP contribution in [-0.4, -0.2) is 32.3 Å². The Kier molecular flexibility index (Phi) is 4.79. The first-order chi connectivity index (χ1) is 13.1. The van der Waals surface area contributed by atoms with Gasteiger partial charge in [-0.15, -0.1) is 0 Å². The standard InChI is InChI=1S/C19H17F3N4O/c20-16-8-15(16)19-24-18(25-26(19)10-17(21)22)13-4-1-5-14(7-13)27-11-12-3-2-6-23-9-12/h1-7,9,15-17H,8,10-11H2/t15-,16+/m1/s1. The molecular formula is C19H17F3N4O. The average molecular weight is 374 g/mol. The Balaban J connectivity index is 1.55. The number of rotatable bonds is 7. The summed E-state index contributed by atoms with van der Waals surface area (Å²) in [4.78, 5) is 8.35. The second-order valence-corrected chi connectivity index (χ2v) is 6.40. The van der Waals surface area contributed by atoms with E-state index in [1.807, 2.05) is 12.1 Å². The van der Waals surface area contributed by atoms with E-state index in [0.717, 1.165) is 10.2 Å². The maximum Gasteiger partial charge on any atom is 0.257 e. The molecule has 2 heterocycles. The van der Waals surface area contributed by atoms with E-state index in [9.17, 15) is 13.2 Å². The monoisotopic (exact) mass is 374 g/mol. The van der Waals surface area contributed by atoms with E-state index in [0.29, 0.717) is 24.3 Å². The van der Waals surface area contributed by atoms with Crippen molar-refractivity contribution < 1.29 is 17.9 Å². The summed E-state index contributed by atoms with van der Waals surface area (Å²) in [7, 11) is 0. The van der Waals surface area contributed by atoms with Crippen molar-refractivity contribution in [1.29, 1.82) is 0 Å². The molecule has 0 radical (unpaired) electrons. The first-order valence-corrected chi connectivity index (χ1v) is 8.59. The molecule has 27 heavy (non-hydrogen) atoms. The van der Waals surface area contributed by atoms with E-state index < -0.39 is 25.1 Å². The molecule has 140 valence electrons. The predicted octanol–water partition coefficient (Wildman–Crippen LogP) is 4.01. The summed E-state index contributed by atoms with van der Waals surface area (Å²) in [5.74, 6) is 0.712. The second-order valence-electron chi connectivity index (χ2n) is 6.40. The van der Waals surface area contributed by atoms with Crippen molar-refractivity contribution in [3.8, 4) is 17.1 Å². The Morgan fingerprint density at radius 3 is 2.78 bits per heavy atom. The van der Waals surface area contributed by atoms with Gasteiger partial charge >= 0.3 is 0 Å². The molecule has 0 bridgehead atoms. The van der Waals surface area contributed by atoms with Gasteiger partial charge in [-0.2, -0.15) is 5.10 Å². The Morgan fingerprint density at radius 2 is 2.07 bits per heavy atom. The SMILES string of the molecule is FC(F)Cn1nc(-c2cccc(OCc3cccnc3)c2)nc1[C@@H]1C[C@@H]1F. The van der Waals surface area contributed by atoms with Gasteiger partial charge in [0.25, 0.3) is 6.43 Å². The lowest BCUT2D eigenvalue weighted by atomic mass is 10.2. The molecule has 1 aliphatic carbocycles. The van der Waals surface area contributed by atoms with Crippen LogP contribution in [0.25, 0.3) is 11.4 Å². The summed E-state index contributed by atoms with van der Waals surface area (Å²) in [6, 6.07) is 10.8. The van der Waals surface area contributed by atoms with Crippen LogP contribution < -0.4 is 4.74 Å². The molecule has 0 saturated heterocycles. The highest BCUT2D eigenvalue weighted by Gasteiger charge is 2.43. The molecule has 8 heteroatoms. The molecule has 2 aromatic heterocycles. The number of hydrogen-bond donors (Lipinski definition) is 0. The molecule has 0 spiro atoms. The van der Waals surface area contributed by atoms with Gasteiger partial charge in [-0.25, -0.2) is 22.8 Å². The van der Waals surface area contributed by atoms with Crippen LogP contribution in [0.5, 0.6) is 5.75 Å². The zero-order valence-electron chi connectivity index (χ0n) is 14.3. The van der Waals surface area contributed by atoms with Gasteiger partial charge in [-0.05, 0) is 24.6 Å². The van der Waals surface area contributed by atoms with Crippen LogP contribution in [0.3, 0.4) is 0 Å². The summed E-state index contributed by atoms with van der Waals surface area (Å²) in [5.41, 5.74) is 1.55. The first-order valence-electron chi connectivity index (χ1n) is 8.59. The zero-order chi connectivity index (χ0) is 18.8. The first kappa shape index (κ1) is 17.5. The second kappa shape index (κ2) is 7.38. The topological polar surface area (TPSA) is 52.8 Å². The number of pyridine rings is 1. The van der Waals surface area contributed by atoms with Gasteiger partial charge in [-0.3, -0.25) is 4.98 Å². The van der Waals surface area contributed by atoms with E-state index in [2.05, 4.69) is 15.1 Å². The van der Waals surface area contributed by atoms with Crippen LogP contribution in [0.15, 0.2) is 48.8 Å². The lowest BCUT2D eigenvalue weighted by molar-refractivity contribution is 0.120. The summed E-state index contributed by atoms with van der Waals surface area (Å²) in [6.07, 6.45) is 0.0877. The molecule has 1 aliphatic rings. The highest BCUT2D eigenvalue weighted by atomic mass is 19.3. The molecule has 1 aromatic carbocycles. The van der Waals surface area contributed by atoms with E-state index in [1.165, 1.54) is 0 Å². The number of ether oxygens (including phenoxy) is 1. The Labute approximate surface area is 153 Å². The minimum atomic E-state index is -2.58. The van der Waals surface area contributed by atoms with Crippen molar-refractivity contribution in [1.82, 2.24) is 19.7 Å². The summed E-state index contributed by atoms with van der Waals surface area (Å²) in [5, 5.41) is 4.17. The largest absolute Gasteiger partial charge is 0.489 e. The van der Waals surface area contributed by atoms with Crippen LogP contribution in [0, 0.1) is 0 Å². The Hall–Kier alpha value is -2.90. The maximum atomic E-state index is 13.4. The number of alkyl halides is 3. The van der Waals surface area contributed by atoms with E-state index in [-0.39, 0.29) is 11.6 Å². The van der Waals surface area contributed by atoms with Crippen molar-refractivity contribution in [3.05, 3.63) is 60.2 Å². The third-order valence-corrected chi connectivity index (χ3v) is 4.28. The normalized spacial score (nSPS) is 18.7.